The first-order chi connectivity index (χ1) is 18.2. The van der Waals surface area contributed by atoms with Gasteiger partial charge >= 0.3 is 12.1 Å². The molecule has 10 heteroatoms. The average molecular weight is 571 g/mol. The number of hydrogen-bond donors (Lipinski definition) is 1. The van der Waals surface area contributed by atoms with E-state index in [4.69, 9.17) is 42.1 Å². The van der Waals surface area contributed by atoms with E-state index < -0.39 is 12.1 Å². The first kappa shape index (κ1) is 31.7. The van der Waals surface area contributed by atoms with Gasteiger partial charge in [0.25, 0.3) is 0 Å². The summed E-state index contributed by atoms with van der Waals surface area (Å²) in [6, 6.07) is 12.5. The molecule has 0 bridgehead atoms. The van der Waals surface area contributed by atoms with Crippen LogP contribution >= 0.6 is 23.2 Å². The van der Waals surface area contributed by atoms with Crippen molar-refractivity contribution in [2.75, 3.05) is 32.9 Å². The second-order valence-corrected chi connectivity index (χ2v) is 9.81. The van der Waals surface area contributed by atoms with Gasteiger partial charge in [-0.15, -0.1) is 0 Å². The Morgan fingerprint density at radius 1 is 0.947 bits per heavy atom. The molecule has 1 N–H and O–H groups in total. The summed E-state index contributed by atoms with van der Waals surface area (Å²) in [5, 5.41) is 10.4. The third kappa shape index (κ3) is 12.3. The van der Waals surface area contributed by atoms with Crippen LogP contribution in [0.25, 0.3) is 0 Å². The Morgan fingerprint density at radius 2 is 1.63 bits per heavy atom. The van der Waals surface area contributed by atoms with Crippen LogP contribution in [0.2, 0.25) is 10.0 Å². The molecule has 0 heterocycles. The molecule has 0 aromatic heterocycles. The van der Waals surface area contributed by atoms with E-state index in [1.54, 1.807) is 30.0 Å². The van der Waals surface area contributed by atoms with Crippen LogP contribution in [0.5, 0.6) is 5.75 Å². The summed E-state index contributed by atoms with van der Waals surface area (Å²) in [6.07, 6.45) is 0.286. The second-order valence-electron chi connectivity index (χ2n) is 8.94. The predicted octanol–water partition coefficient (Wildman–Crippen LogP) is 6.25. The van der Waals surface area contributed by atoms with Gasteiger partial charge in [-0.05, 0) is 75.1 Å². The fourth-order valence-corrected chi connectivity index (χ4v) is 4.16. The highest BCUT2D eigenvalue weighted by molar-refractivity contribution is 6.34. The summed E-state index contributed by atoms with van der Waals surface area (Å²) >= 11 is 12.0. The number of carbonyl (C=O) groups excluding carboxylic acids is 1. The molecule has 0 saturated heterocycles. The molecular weight excluding hydrogens is 533 g/mol. The zero-order chi connectivity index (χ0) is 27.9. The molecule has 0 aliphatic carbocycles. The zero-order valence-electron chi connectivity index (χ0n) is 22.2. The van der Waals surface area contributed by atoms with Gasteiger partial charge in [0.15, 0.2) is 6.10 Å². The molecule has 1 atom stereocenters. The lowest BCUT2D eigenvalue weighted by Gasteiger charge is -2.23. The maximum absolute atomic E-state index is 12.6. The van der Waals surface area contributed by atoms with E-state index in [1.165, 1.54) is 0 Å². The van der Waals surface area contributed by atoms with Crippen LogP contribution in [0.3, 0.4) is 0 Å². The second kappa shape index (κ2) is 17.1. The van der Waals surface area contributed by atoms with E-state index in [0.717, 1.165) is 24.0 Å². The minimum Gasteiger partial charge on any atom is -0.492 e. The van der Waals surface area contributed by atoms with Crippen molar-refractivity contribution in [1.82, 2.24) is 4.90 Å². The van der Waals surface area contributed by atoms with Crippen LogP contribution in [0.4, 0.5) is 4.79 Å². The van der Waals surface area contributed by atoms with Gasteiger partial charge < -0.3 is 29.0 Å². The molecule has 2 aromatic carbocycles. The summed E-state index contributed by atoms with van der Waals surface area (Å²) in [6.45, 7) is 7.82. The fraction of sp³-hybridized carbons (Fsp3) is 0.500. The Hall–Kier alpha value is -2.52. The summed E-state index contributed by atoms with van der Waals surface area (Å²) < 4.78 is 22.2. The lowest BCUT2D eigenvalue weighted by molar-refractivity contribution is -0.149. The van der Waals surface area contributed by atoms with E-state index in [9.17, 15) is 14.7 Å². The van der Waals surface area contributed by atoms with Crippen LogP contribution < -0.4 is 4.74 Å². The molecule has 2 aromatic rings. The van der Waals surface area contributed by atoms with Crippen molar-refractivity contribution >= 4 is 35.3 Å². The Bertz CT molecular complexity index is 981. The van der Waals surface area contributed by atoms with Gasteiger partial charge in [-0.3, -0.25) is 0 Å². The van der Waals surface area contributed by atoms with Crippen molar-refractivity contribution in [2.45, 2.75) is 58.8 Å². The number of benzene rings is 2. The van der Waals surface area contributed by atoms with Gasteiger partial charge in [-0.2, -0.15) is 0 Å². The molecule has 8 nitrogen and oxygen atoms in total. The third-order valence-corrected chi connectivity index (χ3v) is 5.81. The van der Waals surface area contributed by atoms with Crippen LogP contribution in [0.1, 0.15) is 44.7 Å². The number of carbonyl (C=O) groups is 2. The van der Waals surface area contributed by atoms with E-state index in [2.05, 4.69) is 0 Å². The molecule has 0 spiro atoms. The first-order valence-electron chi connectivity index (χ1n) is 12.7. The van der Waals surface area contributed by atoms with Crippen molar-refractivity contribution in [3.8, 4) is 5.75 Å². The van der Waals surface area contributed by atoms with Gasteiger partial charge in [0.1, 0.15) is 12.4 Å². The van der Waals surface area contributed by atoms with Gasteiger partial charge in [0, 0.05) is 36.2 Å². The maximum atomic E-state index is 12.6. The molecule has 2 rings (SSSR count). The zero-order valence-corrected chi connectivity index (χ0v) is 23.7. The Labute approximate surface area is 234 Å². The van der Waals surface area contributed by atoms with Crippen molar-refractivity contribution in [3.63, 3.8) is 0 Å². The number of rotatable bonds is 17. The molecule has 0 aliphatic heterocycles. The number of unbranched alkanes of at least 4 members (excludes halogenated alkanes) is 1. The van der Waals surface area contributed by atoms with E-state index in [-0.39, 0.29) is 25.2 Å². The van der Waals surface area contributed by atoms with Gasteiger partial charge in [0.2, 0.25) is 0 Å². The van der Waals surface area contributed by atoms with Crippen molar-refractivity contribution in [2.24, 2.45) is 0 Å². The topological polar surface area (TPSA) is 94.5 Å². The Morgan fingerprint density at radius 3 is 2.24 bits per heavy atom. The summed E-state index contributed by atoms with van der Waals surface area (Å²) in [5.74, 6) is -0.359. The highest BCUT2D eigenvalue weighted by atomic mass is 35.5. The standard InChI is InChI=1S/C28H37Cl2NO7/c1-4-36-26(27(32)33)17-21-7-9-25(10-8-21)37-14-12-31(28(34)38-20(2)3)11-5-6-13-35-19-22-15-23(29)18-24(30)16-22/h7-10,15-16,18,20,26H,4-6,11-14,17,19H2,1-3H3,(H,32,33). The molecule has 38 heavy (non-hydrogen) atoms. The van der Waals surface area contributed by atoms with E-state index in [1.807, 2.05) is 38.1 Å². The fourth-order valence-electron chi connectivity index (χ4n) is 3.59. The predicted molar refractivity (Wildman–Crippen MR) is 147 cm³/mol. The lowest BCUT2D eigenvalue weighted by atomic mass is 10.1. The highest BCUT2D eigenvalue weighted by Gasteiger charge is 2.18. The van der Waals surface area contributed by atoms with Gasteiger partial charge in [-0.25, -0.2) is 9.59 Å². The summed E-state index contributed by atoms with van der Waals surface area (Å²) in [5.41, 5.74) is 1.74. The van der Waals surface area contributed by atoms with Gasteiger partial charge in [0.05, 0.1) is 19.3 Å². The molecule has 0 radical (unpaired) electrons. The molecule has 0 saturated carbocycles. The van der Waals surface area contributed by atoms with Crippen LogP contribution in [0.15, 0.2) is 42.5 Å². The number of carboxylic acid groups (broad SMARTS) is 1. The monoisotopic (exact) mass is 569 g/mol. The first-order valence-corrected chi connectivity index (χ1v) is 13.5. The Kier molecular flexibility index (Phi) is 14.3. The lowest BCUT2D eigenvalue weighted by Crippen LogP contribution is -2.37. The van der Waals surface area contributed by atoms with Gasteiger partial charge in [-0.1, -0.05) is 35.3 Å². The number of halogens is 2. The van der Waals surface area contributed by atoms with Crippen LogP contribution in [-0.2, 0) is 32.0 Å². The molecule has 0 fully saturated rings. The largest absolute Gasteiger partial charge is 0.492 e. The minimum absolute atomic E-state index is 0.224. The summed E-state index contributed by atoms with van der Waals surface area (Å²) in [7, 11) is 0. The Balaban J connectivity index is 1.77. The molecule has 210 valence electrons. The number of amides is 1. The van der Waals surface area contributed by atoms with Crippen molar-refractivity contribution in [3.05, 3.63) is 63.6 Å². The SMILES string of the molecule is CCOC(Cc1ccc(OCCN(CCCCOCc2cc(Cl)cc(Cl)c2)C(=O)OC(C)C)cc1)C(=O)O. The number of carboxylic acids is 1. The van der Waals surface area contributed by atoms with Crippen LogP contribution in [0, 0.1) is 0 Å². The average Bonchev–Trinajstić information content (AvgIpc) is 2.84. The van der Waals surface area contributed by atoms with E-state index >= 15 is 0 Å². The normalized spacial score (nSPS) is 11.8. The number of nitrogens with zero attached hydrogens (tertiary/aromatic N) is 1. The smallest absolute Gasteiger partial charge is 0.410 e. The van der Waals surface area contributed by atoms with Crippen molar-refractivity contribution < 1.29 is 33.6 Å². The summed E-state index contributed by atoms with van der Waals surface area (Å²) in [4.78, 5) is 25.5. The molecule has 1 amide bonds. The molecular formula is C28H37Cl2NO7. The molecule has 0 aliphatic rings. The maximum Gasteiger partial charge on any atom is 0.410 e. The third-order valence-electron chi connectivity index (χ3n) is 5.37. The van der Waals surface area contributed by atoms with Crippen LogP contribution in [-0.4, -0.2) is 67.2 Å². The highest BCUT2D eigenvalue weighted by Crippen LogP contribution is 2.20. The molecule has 1 unspecified atom stereocenters. The quantitative estimate of drug-likeness (QED) is 0.225. The van der Waals surface area contributed by atoms with E-state index in [0.29, 0.717) is 48.7 Å². The number of hydrogen-bond acceptors (Lipinski definition) is 6. The minimum atomic E-state index is -0.988. The number of ether oxygens (including phenoxy) is 4. The number of aliphatic carboxylic acids is 1. The van der Waals surface area contributed by atoms with Crippen molar-refractivity contribution in [1.29, 1.82) is 0 Å².